The number of hydrogen-bond acceptors (Lipinski definition) is 3. The maximum Gasteiger partial charge on any atom is 0.102 e. The van der Waals surface area contributed by atoms with E-state index in [1.54, 1.807) is 18.5 Å². The molecule has 0 bridgehead atoms. The van der Waals surface area contributed by atoms with E-state index in [2.05, 4.69) is 9.97 Å². The van der Waals surface area contributed by atoms with Gasteiger partial charge < -0.3 is 16.5 Å². The first-order valence-electron chi connectivity index (χ1n) is 4.48. The predicted molar refractivity (Wildman–Crippen MR) is 57.3 cm³/mol. The summed E-state index contributed by atoms with van der Waals surface area (Å²) in [4.78, 5) is 6.75. The summed E-state index contributed by atoms with van der Waals surface area (Å²) in [5.41, 5.74) is 10.4. The fraction of sp³-hybridized carbons (Fsp3) is 0.300. The van der Waals surface area contributed by atoms with Crippen molar-refractivity contribution in [2.24, 2.45) is 11.5 Å². The molecule has 0 amide bonds. The number of H-pyrrole nitrogens is 1. The second-order valence-corrected chi connectivity index (χ2v) is 3.28. The highest BCUT2D eigenvalue weighted by Crippen LogP contribution is 2.06. The minimum Gasteiger partial charge on any atom is -0.349 e. The summed E-state index contributed by atoms with van der Waals surface area (Å²) in [6.07, 6.45) is 11.8. The van der Waals surface area contributed by atoms with E-state index in [0.29, 0.717) is 0 Å². The van der Waals surface area contributed by atoms with E-state index in [-0.39, 0.29) is 0 Å². The number of aromatic amines is 1. The largest absolute Gasteiger partial charge is 0.349 e. The summed E-state index contributed by atoms with van der Waals surface area (Å²) < 4.78 is 0. The number of imidazole rings is 1. The first-order valence-corrected chi connectivity index (χ1v) is 4.48. The van der Waals surface area contributed by atoms with E-state index < -0.39 is 5.66 Å². The van der Waals surface area contributed by atoms with Gasteiger partial charge in [0.1, 0.15) is 5.82 Å². The average Bonchev–Trinajstić information content (AvgIpc) is 2.56. The summed E-state index contributed by atoms with van der Waals surface area (Å²) >= 11 is 0. The zero-order valence-electron chi connectivity index (χ0n) is 8.27. The van der Waals surface area contributed by atoms with Gasteiger partial charge in [0.2, 0.25) is 0 Å². The highest BCUT2D eigenvalue weighted by atomic mass is 14.9. The summed E-state index contributed by atoms with van der Waals surface area (Å²) in [6.45, 7) is 1.92. The van der Waals surface area contributed by atoms with E-state index in [0.717, 1.165) is 12.2 Å². The van der Waals surface area contributed by atoms with Crippen LogP contribution < -0.4 is 11.5 Å². The smallest absolute Gasteiger partial charge is 0.102 e. The molecule has 1 heterocycles. The van der Waals surface area contributed by atoms with Gasteiger partial charge in [0.05, 0.1) is 5.66 Å². The van der Waals surface area contributed by atoms with Crippen molar-refractivity contribution in [1.29, 1.82) is 0 Å². The van der Waals surface area contributed by atoms with Gasteiger partial charge in [0.25, 0.3) is 0 Å². The van der Waals surface area contributed by atoms with Crippen LogP contribution in [0.4, 0.5) is 0 Å². The van der Waals surface area contributed by atoms with Crippen LogP contribution in [0.15, 0.2) is 36.7 Å². The van der Waals surface area contributed by atoms with Crippen molar-refractivity contribution in [3.8, 4) is 0 Å². The Labute approximate surface area is 83.7 Å². The van der Waals surface area contributed by atoms with E-state index in [9.17, 15) is 0 Å². The molecular weight excluding hydrogens is 176 g/mol. The topological polar surface area (TPSA) is 80.7 Å². The molecule has 0 saturated heterocycles. The molecule has 0 radical (unpaired) electrons. The van der Waals surface area contributed by atoms with Crippen molar-refractivity contribution < 1.29 is 0 Å². The SMILES string of the molecule is Cc1ncc[nH]1.NC1(N)C=CC=CC1. The van der Waals surface area contributed by atoms with E-state index >= 15 is 0 Å². The molecule has 1 aromatic rings. The number of rotatable bonds is 0. The number of nitrogens with one attached hydrogen (secondary N) is 1. The molecule has 0 aromatic carbocycles. The number of aryl methyl sites for hydroxylation is 1. The summed E-state index contributed by atoms with van der Waals surface area (Å²) in [5, 5.41) is 0. The van der Waals surface area contributed by atoms with Gasteiger partial charge in [-0.2, -0.15) is 0 Å². The Balaban J connectivity index is 0.000000146. The Kier molecular flexibility index (Phi) is 3.62. The first-order chi connectivity index (χ1) is 6.60. The van der Waals surface area contributed by atoms with Gasteiger partial charge in [0.15, 0.2) is 0 Å². The Morgan fingerprint density at radius 2 is 2.21 bits per heavy atom. The quantitative estimate of drug-likeness (QED) is 0.533. The van der Waals surface area contributed by atoms with Crippen molar-refractivity contribution in [3.63, 3.8) is 0 Å². The Morgan fingerprint density at radius 3 is 2.43 bits per heavy atom. The van der Waals surface area contributed by atoms with Crippen LogP contribution in [-0.4, -0.2) is 15.6 Å². The summed E-state index contributed by atoms with van der Waals surface area (Å²) in [5.74, 6) is 0.968. The first kappa shape index (κ1) is 10.7. The fourth-order valence-corrected chi connectivity index (χ4v) is 0.998. The van der Waals surface area contributed by atoms with Crippen molar-refractivity contribution >= 4 is 0 Å². The van der Waals surface area contributed by atoms with Crippen molar-refractivity contribution in [1.82, 2.24) is 9.97 Å². The van der Waals surface area contributed by atoms with Crippen LogP contribution in [0.1, 0.15) is 12.2 Å². The average molecular weight is 192 g/mol. The normalized spacial score (nSPS) is 17.4. The van der Waals surface area contributed by atoms with Crippen molar-refractivity contribution in [3.05, 3.63) is 42.5 Å². The third kappa shape index (κ3) is 4.02. The summed E-state index contributed by atoms with van der Waals surface area (Å²) in [6, 6.07) is 0. The lowest BCUT2D eigenvalue weighted by molar-refractivity contribution is 0.557. The molecule has 4 nitrogen and oxygen atoms in total. The molecule has 1 aliphatic rings. The van der Waals surface area contributed by atoms with Gasteiger partial charge in [-0.15, -0.1) is 0 Å². The molecule has 0 atom stereocenters. The van der Waals surface area contributed by atoms with E-state index in [1.807, 2.05) is 25.2 Å². The van der Waals surface area contributed by atoms with Crippen LogP contribution in [-0.2, 0) is 0 Å². The molecule has 1 aromatic heterocycles. The second kappa shape index (κ2) is 4.74. The third-order valence-corrected chi connectivity index (χ3v) is 1.76. The van der Waals surface area contributed by atoms with Gasteiger partial charge in [-0.3, -0.25) is 0 Å². The Hall–Kier alpha value is -1.39. The lowest BCUT2D eigenvalue weighted by Crippen LogP contribution is -2.47. The molecule has 14 heavy (non-hydrogen) atoms. The highest BCUT2D eigenvalue weighted by molar-refractivity contribution is 5.17. The molecule has 0 fully saturated rings. The number of hydrogen-bond donors (Lipinski definition) is 3. The van der Waals surface area contributed by atoms with Gasteiger partial charge in [0, 0.05) is 18.8 Å². The third-order valence-electron chi connectivity index (χ3n) is 1.76. The molecule has 5 N–H and O–H groups in total. The molecular formula is C10H16N4. The highest BCUT2D eigenvalue weighted by Gasteiger charge is 2.12. The molecule has 2 rings (SSSR count). The van der Waals surface area contributed by atoms with Gasteiger partial charge >= 0.3 is 0 Å². The monoisotopic (exact) mass is 192 g/mol. The molecule has 4 heteroatoms. The maximum atomic E-state index is 5.52. The number of nitrogens with two attached hydrogens (primary N) is 2. The minimum atomic E-state index is -0.589. The maximum absolute atomic E-state index is 5.52. The summed E-state index contributed by atoms with van der Waals surface area (Å²) in [7, 11) is 0. The van der Waals surface area contributed by atoms with E-state index in [1.165, 1.54) is 0 Å². The van der Waals surface area contributed by atoms with Crippen LogP contribution in [0, 0.1) is 6.92 Å². The zero-order valence-corrected chi connectivity index (χ0v) is 8.27. The standard InChI is InChI=1S/C6H10N2.C4H6N2/c7-6(8)4-2-1-3-5-6;1-4-5-2-3-6-4/h1-4H,5,7-8H2;2-3H,1H3,(H,5,6). The number of allylic oxidation sites excluding steroid dienone is 2. The van der Waals surface area contributed by atoms with Crippen LogP contribution in [0.2, 0.25) is 0 Å². The molecule has 0 aliphatic heterocycles. The molecule has 76 valence electrons. The Morgan fingerprint density at radius 1 is 1.43 bits per heavy atom. The lowest BCUT2D eigenvalue weighted by atomic mass is 10.0. The van der Waals surface area contributed by atoms with Crippen molar-refractivity contribution in [2.75, 3.05) is 0 Å². The minimum absolute atomic E-state index is 0.589. The molecule has 0 unspecified atom stereocenters. The molecule has 0 saturated carbocycles. The van der Waals surface area contributed by atoms with Crippen LogP contribution in [0.3, 0.4) is 0 Å². The van der Waals surface area contributed by atoms with Crippen LogP contribution in [0.5, 0.6) is 0 Å². The number of aromatic nitrogens is 2. The second-order valence-electron chi connectivity index (χ2n) is 3.28. The Bertz CT molecular complexity index is 309. The molecule has 0 spiro atoms. The van der Waals surface area contributed by atoms with Gasteiger partial charge in [-0.1, -0.05) is 24.3 Å². The van der Waals surface area contributed by atoms with Crippen LogP contribution in [0.25, 0.3) is 0 Å². The zero-order chi connectivity index (χ0) is 10.4. The van der Waals surface area contributed by atoms with Crippen LogP contribution >= 0.6 is 0 Å². The fourth-order valence-electron chi connectivity index (χ4n) is 0.998. The van der Waals surface area contributed by atoms with Gasteiger partial charge in [-0.05, 0) is 6.92 Å². The van der Waals surface area contributed by atoms with Crippen molar-refractivity contribution in [2.45, 2.75) is 19.0 Å². The van der Waals surface area contributed by atoms with E-state index in [4.69, 9.17) is 11.5 Å². The molecule has 1 aliphatic carbocycles. The predicted octanol–water partition coefficient (Wildman–Crippen LogP) is 0.834. The number of nitrogens with zero attached hydrogens (tertiary/aromatic N) is 1. The lowest BCUT2D eigenvalue weighted by Gasteiger charge is -2.19. The van der Waals surface area contributed by atoms with Gasteiger partial charge in [-0.25, -0.2) is 4.98 Å².